The molecule has 2 rings (SSSR count). The normalized spacial score (nSPS) is 12.0. The van der Waals surface area contributed by atoms with Gasteiger partial charge in [-0.1, -0.05) is 6.07 Å². The number of likely N-dealkylation sites (N-methyl/N-ethyl adjacent to an activating group) is 1. The molecule has 0 aliphatic carbocycles. The Morgan fingerprint density at radius 3 is 2.95 bits per heavy atom. The average Bonchev–Trinajstić information content (AvgIpc) is 2.99. The highest BCUT2D eigenvalue weighted by molar-refractivity contribution is 7.09. The van der Waals surface area contributed by atoms with Crippen molar-refractivity contribution < 1.29 is 4.79 Å². The number of anilines is 1. The Balaban J connectivity index is 2.11. The molecule has 21 heavy (non-hydrogen) atoms. The molecule has 0 radical (unpaired) electrons. The van der Waals surface area contributed by atoms with Crippen LogP contribution in [0.5, 0.6) is 0 Å². The number of aromatic nitrogens is 1. The average molecular weight is 303 g/mol. The van der Waals surface area contributed by atoms with E-state index in [9.17, 15) is 4.79 Å². The van der Waals surface area contributed by atoms with Crippen LogP contribution in [0.25, 0.3) is 0 Å². The number of nitrogens with one attached hydrogen (secondary N) is 1. The monoisotopic (exact) mass is 303 g/mol. The van der Waals surface area contributed by atoms with Crippen molar-refractivity contribution in [2.24, 2.45) is 0 Å². The number of carbonyl (C=O) groups excluding carboxylic acids is 1. The first-order valence-electron chi connectivity index (χ1n) is 7.11. The topological polar surface area (TPSA) is 45.2 Å². The predicted molar refractivity (Wildman–Crippen MR) is 88.0 cm³/mol. The van der Waals surface area contributed by atoms with Gasteiger partial charge in [-0.2, -0.15) is 0 Å². The molecule has 1 N–H and O–H groups in total. The van der Waals surface area contributed by atoms with Gasteiger partial charge in [0, 0.05) is 43.3 Å². The van der Waals surface area contributed by atoms with Gasteiger partial charge >= 0.3 is 0 Å². The van der Waals surface area contributed by atoms with Crippen LogP contribution in [0.4, 0.5) is 5.69 Å². The minimum Gasteiger partial charge on any atom is -0.385 e. The Labute approximate surface area is 129 Å². The fourth-order valence-corrected chi connectivity index (χ4v) is 2.98. The van der Waals surface area contributed by atoms with Crippen LogP contribution in [0, 0.1) is 0 Å². The number of hydrogen-bond donors (Lipinski definition) is 1. The van der Waals surface area contributed by atoms with Crippen molar-refractivity contribution in [1.29, 1.82) is 0 Å². The fraction of sp³-hybridized carbons (Fsp3) is 0.375. The number of nitrogens with zero attached hydrogens (tertiary/aromatic N) is 2. The molecule has 1 unspecified atom stereocenters. The van der Waals surface area contributed by atoms with E-state index in [0.29, 0.717) is 5.56 Å². The fourth-order valence-electron chi connectivity index (χ4n) is 2.16. The lowest BCUT2D eigenvalue weighted by atomic mass is 10.1. The van der Waals surface area contributed by atoms with Crippen molar-refractivity contribution in [3.05, 3.63) is 46.4 Å². The molecule has 0 aliphatic heterocycles. The highest BCUT2D eigenvalue weighted by Gasteiger charge is 2.20. The summed E-state index contributed by atoms with van der Waals surface area (Å²) in [7, 11) is 1.85. The van der Waals surface area contributed by atoms with E-state index in [4.69, 9.17) is 0 Å². The third kappa shape index (κ3) is 3.82. The van der Waals surface area contributed by atoms with Gasteiger partial charge in [0.25, 0.3) is 5.91 Å². The number of hydrogen-bond acceptors (Lipinski definition) is 4. The molecule has 0 saturated carbocycles. The summed E-state index contributed by atoms with van der Waals surface area (Å²) < 4.78 is 0. The first-order valence-corrected chi connectivity index (χ1v) is 7.98. The van der Waals surface area contributed by atoms with Crippen LogP contribution in [-0.4, -0.2) is 35.4 Å². The van der Waals surface area contributed by atoms with E-state index in [1.54, 1.807) is 28.6 Å². The lowest BCUT2D eigenvalue weighted by Crippen LogP contribution is -2.36. The van der Waals surface area contributed by atoms with Gasteiger partial charge in [-0.05, 0) is 31.4 Å². The van der Waals surface area contributed by atoms with E-state index in [1.807, 2.05) is 26.1 Å². The van der Waals surface area contributed by atoms with Crippen molar-refractivity contribution in [3.8, 4) is 0 Å². The molecule has 0 saturated heterocycles. The zero-order valence-corrected chi connectivity index (χ0v) is 13.5. The maximum Gasteiger partial charge on any atom is 0.257 e. The Kier molecular flexibility index (Phi) is 5.33. The van der Waals surface area contributed by atoms with Crippen molar-refractivity contribution in [1.82, 2.24) is 9.88 Å². The molecule has 0 aromatic carbocycles. The number of thiophene rings is 1. The molecular weight excluding hydrogens is 282 g/mol. The Hall–Kier alpha value is -1.88. The van der Waals surface area contributed by atoms with Gasteiger partial charge in [0.05, 0.1) is 11.3 Å². The maximum atomic E-state index is 12.7. The molecule has 2 aromatic rings. The van der Waals surface area contributed by atoms with E-state index in [2.05, 4.69) is 28.7 Å². The largest absolute Gasteiger partial charge is 0.385 e. The molecule has 0 aliphatic rings. The molecule has 2 aromatic heterocycles. The number of pyridine rings is 1. The Morgan fingerprint density at radius 1 is 1.48 bits per heavy atom. The summed E-state index contributed by atoms with van der Waals surface area (Å²) in [6, 6.07) is 6.13. The molecule has 112 valence electrons. The lowest BCUT2D eigenvalue weighted by molar-refractivity contribution is 0.0744. The smallest absolute Gasteiger partial charge is 0.257 e. The van der Waals surface area contributed by atoms with Crippen LogP contribution in [0.1, 0.15) is 29.1 Å². The number of rotatable bonds is 6. The van der Waals surface area contributed by atoms with E-state index in [1.165, 1.54) is 4.88 Å². The zero-order chi connectivity index (χ0) is 15.2. The van der Waals surface area contributed by atoms with Gasteiger partial charge in [0.1, 0.15) is 0 Å². The molecule has 1 amide bonds. The molecule has 4 nitrogen and oxygen atoms in total. The Morgan fingerprint density at radius 2 is 2.29 bits per heavy atom. The van der Waals surface area contributed by atoms with Crippen molar-refractivity contribution in [2.75, 3.05) is 18.9 Å². The van der Waals surface area contributed by atoms with Crippen LogP contribution in [0.3, 0.4) is 0 Å². The van der Waals surface area contributed by atoms with Crippen molar-refractivity contribution in [2.45, 2.75) is 26.3 Å². The van der Waals surface area contributed by atoms with Crippen LogP contribution in [0.2, 0.25) is 0 Å². The third-order valence-electron chi connectivity index (χ3n) is 3.48. The molecule has 5 heteroatoms. The quantitative estimate of drug-likeness (QED) is 0.891. The molecule has 2 heterocycles. The van der Waals surface area contributed by atoms with Gasteiger partial charge in [-0.25, -0.2) is 0 Å². The standard InChI is InChI=1S/C16H21N3OS/c1-4-18-15-7-8-17-11-14(15)16(20)19(3)12(2)10-13-6-5-9-21-13/h5-9,11-12H,4,10H2,1-3H3,(H,17,18). The van der Waals surface area contributed by atoms with E-state index >= 15 is 0 Å². The van der Waals surface area contributed by atoms with Gasteiger partial charge in [-0.15, -0.1) is 11.3 Å². The van der Waals surface area contributed by atoms with Crippen molar-refractivity contribution in [3.63, 3.8) is 0 Å². The van der Waals surface area contributed by atoms with Gasteiger partial charge in [-0.3, -0.25) is 9.78 Å². The second kappa shape index (κ2) is 7.22. The molecule has 0 bridgehead atoms. The summed E-state index contributed by atoms with van der Waals surface area (Å²) in [6.07, 6.45) is 4.20. The lowest BCUT2D eigenvalue weighted by Gasteiger charge is -2.25. The van der Waals surface area contributed by atoms with Gasteiger partial charge < -0.3 is 10.2 Å². The summed E-state index contributed by atoms with van der Waals surface area (Å²) >= 11 is 1.72. The van der Waals surface area contributed by atoms with Crippen LogP contribution in [0.15, 0.2) is 36.0 Å². The van der Waals surface area contributed by atoms with E-state index in [-0.39, 0.29) is 11.9 Å². The van der Waals surface area contributed by atoms with E-state index < -0.39 is 0 Å². The number of amides is 1. The summed E-state index contributed by atoms with van der Waals surface area (Å²) in [5, 5.41) is 5.27. The number of carbonyl (C=O) groups is 1. The van der Waals surface area contributed by atoms with E-state index in [0.717, 1.165) is 18.7 Å². The summed E-state index contributed by atoms with van der Waals surface area (Å²) in [4.78, 5) is 19.8. The predicted octanol–water partition coefficient (Wildman–Crippen LogP) is 3.28. The summed E-state index contributed by atoms with van der Waals surface area (Å²) in [5.74, 6) is 0.00288. The molecule has 1 atom stereocenters. The van der Waals surface area contributed by atoms with Gasteiger partial charge in [0.15, 0.2) is 0 Å². The van der Waals surface area contributed by atoms with Crippen LogP contribution < -0.4 is 5.32 Å². The summed E-state index contributed by atoms with van der Waals surface area (Å²) in [6.45, 7) is 4.86. The third-order valence-corrected chi connectivity index (χ3v) is 4.38. The van der Waals surface area contributed by atoms with Crippen molar-refractivity contribution >= 4 is 22.9 Å². The zero-order valence-electron chi connectivity index (χ0n) is 12.7. The minimum atomic E-state index is 0.00288. The SMILES string of the molecule is CCNc1ccncc1C(=O)N(C)C(C)Cc1cccs1. The Bertz CT molecular complexity index is 583. The summed E-state index contributed by atoms with van der Waals surface area (Å²) in [5.41, 5.74) is 1.47. The van der Waals surface area contributed by atoms with Crippen LogP contribution in [-0.2, 0) is 6.42 Å². The highest BCUT2D eigenvalue weighted by Crippen LogP contribution is 2.19. The second-order valence-corrected chi connectivity index (χ2v) is 6.03. The molecular formula is C16H21N3OS. The molecule has 0 fully saturated rings. The van der Waals surface area contributed by atoms with Crippen LogP contribution >= 0.6 is 11.3 Å². The first kappa shape index (κ1) is 15.5. The highest BCUT2D eigenvalue weighted by atomic mass is 32.1. The minimum absolute atomic E-state index is 0.00288. The first-order chi connectivity index (χ1) is 10.1. The second-order valence-electron chi connectivity index (χ2n) is 5.00. The van der Waals surface area contributed by atoms with Gasteiger partial charge in [0.2, 0.25) is 0 Å². The maximum absolute atomic E-state index is 12.7. The molecule has 0 spiro atoms.